The number of carbonyl (C=O) groups is 1. The average Bonchev–Trinajstić information content (AvgIpc) is 2.72. The summed E-state index contributed by atoms with van der Waals surface area (Å²) in [5, 5.41) is 3.28. The Balaban J connectivity index is 1.56. The Kier molecular flexibility index (Phi) is 5.39. The third-order valence-corrected chi connectivity index (χ3v) is 5.51. The van der Waals surface area contributed by atoms with Crippen molar-refractivity contribution in [3.05, 3.63) is 102 Å². The van der Waals surface area contributed by atoms with Crippen LogP contribution in [0.2, 0.25) is 0 Å². The number of fused-ring (bicyclic) bond motifs is 1. The minimum atomic E-state index is -0.315. The van der Waals surface area contributed by atoms with E-state index in [4.69, 9.17) is 4.74 Å². The van der Waals surface area contributed by atoms with Crippen LogP contribution in [0.4, 0.5) is 0 Å². The summed E-state index contributed by atoms with van der Waals surface area (Å²) in [7, 11) is 0. The normalized spacial score (nSPS) is 17.3. The lowest BCUT2D eigenvalue weighted by atomic mass is 9.87. The van der Waals surface area contributed by atoms with E-state index in [9.17, 15) is 4.79 Å². The largest absolute Gasteiger partial charge is 0.487 e. The molecule has 0 saturated heterocycles. The van der Waals surface area contributed by atoms with Crippen LogP contribution in [0.5, 0.6) is 5.75 Å². The molecule has 3 heteroatoms. The highest BCUT2D eigenvalue weighted by atomic mass is 16.5. The van der Waals surface area contributed by atoms with Gasteiger partial charge in [0.15, 0.2) is 0 Å². The highest BCUT2D eigenvalue weighted by Crippen LogP contribution is 2.39. The Morgan fingerprint density at radius 1 is 0.931 bits per heavy atom. The van der Waals surface area contributed by atoms with E-state index in [1.54, 1.807) is 0 Å². The van der Waals surface area contributed by atoms with Gasteiger partial charge in [-0.1, -0.05) is 78.9 Å². The first-order valence-corrected chi connectivity index (χ1v) is 10.2. The van der Waals surface area contributed by atoms with E-state index in [1.807, 2.05) is 60.7 Å². The molecule has 1 aliphatic heterocycles. The fourth-order valence-corrected chi connectivity index (χ4v) is 4.17. The van der Waals surface area contributed by atoms with Gasteiger partial charge in [0.2, 0.25) is 5.91 Å². The van der Waals surface area contributed by atoms with Gasteiger partial charge in [0.1, 0.15) is 11.4 Å². The van der Waals surface area contributed by atoms with Crippen LogP contribution < -0.4 is 10.1 Å². The molecule has 0 spiro atoms. The fraction of sp³-hybridized carbons (Fsp3) is 0.269. The van der Waals surface area contributed by atoms with E-state index >= 15 is 0 Å². The average molecular weight is 386 g/mol. The van der Waals surface area contributed by atoms with Crippen molar-refractivity contribution >= 4 is 5.91 Å². The molecule has 0 fully saturated rings. The summed E-state index contributed by atoms with van der Waals surface area (Å²) >= 11 is 0. The van der Waals surface area contributed by atoms with E-state index < -0.39 is 0 Å². The second kappa shape index (κ2) is 8.12. The van der Waals surface area contributed by atoms with Crippen LogP contribution in [0.15, 0.2) is 84.9 Å². The molecular weight excluding hydrogens is 358 g/mol. The molecule has 4 rings (SSSR count). The maximum Gasteiger partial charge on any atom is 0.221 e. The first-order chi connectivity index (χ1) is 14.0. The molecule has 1 N–H and O–H groups in total. The van der Waals surface area contributed by atoms with E-state index in [-0.39, 0.29) is 23.5 Å². The Bertz CT molecular complexity index is 927. The number of benzene rings is 3. The second-order valence-electron chi connectivity index (χ2n) is 8.30. The molecule has 1 amide bonds. The lowest BCUT2D eigenvalue weighted by molar-refractivity contribution is -0.122. The first-order valence-electron chi connectivity index (χ1n) is 10.2. The molecule has 1 heterocycles. The smallest absolute Gasteiger partial charge is 0.221 e. The number of para-hydroxylation sites is 1. The van der Waals surface area contributed by atoms with Gasteiger partial charge in [0.25, 0.3) is 0 Å². The van der Waals surface area contributed by atoms with Crippen LogP contribution in [0.3, 0.4) is 0 Å². The molecular formula is C26H27NO2. The number of hydrogen-bond donors (Lipinski definition) is 1. The molecule has 3 aromatic rings. The van der Waals surface area contributed by atoms with Crippen LogP contribution in [0, 0.1) is 0 Å². The number of nitrogens with one attached hydrogen (secondary N) is 1. The third-order valence-electron chi connectivity index (χ3n) is 5.51. The van der Waals surface area contributed by atoms with Gasteiger partial charge in [-0.15, -0.1) is 0 Å². The maximum atomic E-state index is 13.1. The molecule has 0 aliphatic carbocycles. The van der Waals surface area contributed by atoms with E-state index in [2.05, 4.69) is 43.4 Å². The SMILES string of the molecule is CC1(C)C[C@H](NC(=O)CC(c2ccccc2)c2ccccc2)c2ccccc2O1. The number of rotatable bonds is 5. The molecule has 0 aromatic heterocycles. The van der Waals surface area contributed by atoms with Gasteiger partial charge in [0, 0.05) is 24.3 Å². The summed E-state index contributed by atoms with van der Waals surface area (Å²) in [6.45, 7) is 4.14. The Labute approximate surface area is 172 Å². The Morgan fingerprint density at radius 3 is 2.10 bits per heavy atom. The van der Waals surface area contributed by atoms with Gasteiger partial charge in [-0.05, 0) is 31.0 Å². The summed E-state index contributed by atoms with van der Waals surface area (Å²) in [6.07, 6.45) is 1.16. The zero-order chi connectivity index (χ0) is 20.3. The molecule has 148 valence electrons. The van der Waals surface area contributed by atoms with Crippen molar-refractivity contribution < 1.29 is 9.53 Å². The summed E-state index contributed by atoms with van der Waals surface area (Å²) in [6, 6.07) is 28.4. The van der Waals surface area contributed by atoms with Crippen LogP contribution in [0.25, 0.3) is 0 Å². The van der Waals surface area contributed by atoms with Crippen LogP contribution in [-0.4, -0.2) is 11.5 Å². The van der Waals surface area contributed by atoms with Gasteiger partial charge in [0.05, 0.1) is 6.04 Å². The predicted molar refractivity (Wildman–Crippen MR) is 116 cm³/mol. The monoisotopic (exact) mass is 385 g/mol. The van der Waals surface area contributed by atoms with Crippen molar-refractivity contribution in [2.75, 3.05) is 0 Å². The zero-order valence-corrected chi connectivity index (χ0v) is 17.0. The van der Waals surface area contributed by atoms with Crippen molar-refractivity contribution in [3.8, 4) is 5.75 Å². The molecule has 0 unspecified atom stereocenters. The molecule has 3 aromatic carbocycles. The quantitative estimate of drug-likeness (QED) is 0.618. The van der Waals surface area contributed by atoms with Crippen molar-refractivity contribution in [1.82, 2.24) is 5.32 Å². The summed E-state index contributed by atoms with van der Waals surface area (Å²) in [4.78, 5) is 13.1. The van der Waals surface area contributed by atoms with Gasteiger partial charge in [-0.3, -0.25) is 4.79 Å². The van der Waals surface area contributed by atoms with Crippen molar-refractivity contribution in [2.24, 2.45) is 0 Å². The van der Waals surface area contributed by atoms with Crippen LogP contribution in [0.1, 0.15) is 55.3 Å². The lowest BCUT2D eigenvalue weighted by Crippen LogP contribution is -2.41. The lowest BCUT2D eigenvalue weighted by Gasteiger charge is -2.38. The zero-order valence-electron chi connectivity index (χ0n) is 17.0. The van der Waals surface area contributed by atoms with Crippen molar-refractivity contribution in [1.29, 1.82) is 0 Å². The van der Waals surface area contributed by atoms with Gasteiger partial charge < -0.3 is 10.1 Å². The summed E-state index contributed by atoms with van der Waals surface area (Å²) in [5.41, 5.74) is 3.05. The highest BCUT2D eigenvalue weighted by molar-refractivity contribution is 5.78. The standard InChI is InChI=1S/C26H27NO2/c1-26(2)18-23(21-15-9-10-16-24(21)29-26)27-25(28)17-22(19-11-5-3-6-12-19)20-13-7-4-8-14-20/h3-16,22-23H,17-18H2,1-2H3,(H,27,28)/t23-/m0/s1. The van der Waals surface area contributed by atoms with E-state index in [0.717, 1.165) is 28.9 Å². The molecule has 1 atom stereocenters. The van der Waals surface area contributed by atoms with E-state index in [1.165, 1.54) is 0 Å². The highest BCUT2D eigenvalue weighted by Gasteiger charge is 2.34. The molecule has 0 saturated carbocycles. The molecule has 29 heavy (non-hydrogen) atoms. The summed E-state index contributed by atoms with van der Waals surface area (Å²) in [5.74, 6) is 0.942. The van der Waals surface area contributed by atoms with Gasteiger partial charge in [-0.2, -0.15) is 0 Å². The number of hydrogen-bond acceptors (Lipinski definition) is 2. The number of carbonyl (C=O) groups excluding carboxylic acids is 1. The van der Waals surface area contributed by atoms with Crippen molar-refractivity contribution in [2.45, 2.75) is 44.2 Å². The molecule has 3 nitrogen and oxygen atoms in total. The third kappa shape index (κ3) is 4.51. The Morgan fingerprint density at radius 2 is 1.48 bits per heavy atom. The van der Waals surface area contributed by atoms with Crippen LogP contribution in [-0.2, 0) is 4.79 Å². The number of ether oxygens (including phenoxy) is 1. The predicted octanol–water partition coefficient (Wildman–Crippen LogP) is 5.63. The minimum absolute atomic E-state index is 0.0282. The first kappa shape index (κ1) is 19.3. The molecule has 0 bridgehead atoms. The van der Waals surface area contributed by atoms with Gasteiger partial charge >= 0.3 is 0 Å². The minimum Gasteiger partial charge on any atom is -0.487 e. The molecule has 0 radical (unpaired) electrons. The van der Waals surface area contributed by atoms with Crippen LogP contribution >= 0.6 is 0 Å². The fourth-order valence-electron chi connectivity index (χ4n) is 4.17. The van der Waals surface area contributed by atoms with Crippen molar-refractivity contribution in [3.63, 3.8) is 0 Å². The number of amides is 1. The Hall–Kier alpha value is -3.07. The summed E-state index contributed by atoms with van der Waals surface area (Å²) < 4.78 is 6.10. The maximum absolute atomic E-state index is 13.1. The second-order valence-corrected chi connectivity index (χ2v) is 8.30. The topological polar surface area (TPSA) is 38.3 Å². The molecule has 1 aliphatic rings. The van der Waals surface area contributed by atoms with Gasteiger partial charge in [-0.25, -0.2) is 0 Å². The van der Waals surface area contributed by atoms with E-state index in [0.29, 0.717) is 6.42 Å².